The van der Waals surface area contributed by atoms with Crippen LogP contribution in [0.1, 0.15) is 56.2 Å². The third kappa shape index (κ3) is 3.22. The van der Waals surface area contributed by atoms with Gasteiger partial charge in [-0.25, -0.2) is 0 Å². The normalized spacial score (nSPS) is 11.2. The van der Waals surface area contributed by atoms with Crippen LogP contribution in [-0.4, -0.2) is 0 Å². The number of rotatable bonds is 4. The molecular weight excluding hydrogens is 244 g/mol. The van der Waals surface area contributed by atoms with Crippen LogP contribution in [0.5, 0.6) is 11.5 Å². The summed E-state index contributed by atoms with van der Waals surface area (Å²) in [6.45, 7) is 11.0. The first-order valence-corrected chi connectivity index (χ1v) is 7.36. The predicted molar refractivity (Wildman–Crippen MR) is 85.9 cm³/mol. The Balaban J connectivity index is 2.53. The average Bonchev–Trinajstić information content (AvgIpc) is 2.41. The van der Waals surface area contributed by atoms with Gasteiger partial charge in [0.05, 0.1) is 0 Å². The molecule has 0 aliphatic heterocycles. The maximum absolute atomic E-state index is 6.22. The number of para-hydroxylation sites is 1. The molecule has 0 atom stereocenters. The zero-order chi connectivity index (χ0) is 14.7. The lowest BCUT2D eigenvalue weighted by molar-refractivity contribution is 0.463. The van der Waals surface area contributed by atoms with E-state index in [1.807, 2.05) is 30.3 Å². The molecule has 0 aliphatic carbocycles. The average molecular weight is 268 g/mol. The molecule has 0 N–H and O–H groups in total. The largest absolute Gasteiger partial charge is 0.457 e. The van der Waals surface area contributed by atoms with Crippen molar-refractivity contribution in [3.8, 4) is 11.5 Å². The van der Waals surface area contributed by atoms with Crippen LogP contribution in [0.15, 0.2) is 42.5 Å². The quantitative estimate of drug-likeness (QED) is 0.657. The summed E-state index contributed by atoms with van der Waals surface area (Å²) in [5.74, 6) is 2.84. The van der Waals surface area contributed by atoms with E-state index in [1.54, 1.807) is 0 Å². The van der Waals surface area contributed by atoms with Crippen LogP contribution >= 0.6 is 0 Å². The van der Waals surface area contributed by atoms with E-state index in [4.69, 9.17) is 4.74 Å². The second-order valence-electron chi connectivity index (χ2n) is 6.00. The highest BCUT2D eigenvalue weighted by molar-refractivity contribution is 5.49. The minimum Gasteiger partial charge on any atom is -0.457 e. The van der Waals surface area contributed by atoms with Gasteiger partial charge >= 0.3 is 0 Å². The number of ether oxygens (including phenoxy) is 1. The zero-order valence-electron chi connectivity index (χ0n) is 13.1. The Morgan fingerprint density at radius 2 is 1.30 bits per heavy atom. The molecule has 0 aliphatic rings. The van der Waals surface area contributed by atoms with Gasteiger partial charge in [0.1, 0.15) is 11.5 Å². The second kappa shape index (κ2) is 6.13. The van der Waals surface area contributed by atoms with Crippen molar-refractivity contribution in [1.82, 2.24) is 0 Å². The first kappa shape index (κ1) is 14.6. The molecule has 2 aromatic carbocycles. The first-order chi connectivity index (χ1) is 9.49. The van der Waals surface area contributed by atoms with E-state index >= 15 is 0 Å². The molecule has 0 fully saturated rings. The Bertz CT molecular complexity index is 539. The van der Waals surface area contributed by atoms with Crippen LogP contribution in [0.25, 0.3) is 0 Å². The molecule has 1 heteroatoms. The van der Waals surface area contributed by atoms with Crippen molar-refractivity contribution < 1.29 is 4.74 Å². The maximum atomic E-state index is 6.22. The van der Waals surface area contributed by atoms with Crippen molar-refractivity contribution in [1.29, 1.82) is 0 Å². The van der Waals surface area contributed by atoms with Crippen molar-refractivity contribution in [2.45, 2.75) is 46.5 Å². The third-order valence-electron chi connectivity index (χ3n) is 3.50. The lowest BCUT2D eigenvalue weighted by Gasteiger charge is -2.21. The molecule has 0 radical (unpaired) electrons. The first-order valence-electron chi connectivity index (χ1n) is 7.36. The summed E-state index contributed by atoms with van der Waals surface area (Å²) < 4.78 is 6.22. The fraction of sp³-hybridized carbons (Fsp3) is 0.368. The second-order valence-corrected chi connectivity index (χ2v) is 6.00. The van der Waals surface area contributed by atoms with Gasteiger partial charge in [-0.3, -0.25) is 0 Å². The number of hydrogen-bond donors (Lipinski definition) is 0. The van der Waals surface area contributed by atoms with Crippen LogP contribution in [0.3, 0.4) is 0 Å². The molecule has 0 saturated heterocycles. The van der Waals surface area contributed by atoms with Crippen molar-refractivity contribution in [2.75, 3.05) is 0 Å². The highest BCUT2D eigenvalue weighted by atomic mass is 16.5. The lowest BCUT2D eigenvalue weighted by Crippen LogP contribution is -2.01. The van der Waals surface area contributed by atoms with Gasteiger partial charge in [-0.05, 0) is 42.0 Å². The summed E-state index contributed by atoms with van der Waals surface area (Å²) in [7, 11) is 0. The molecule has 0 unspecified atom stereocenters. The molecule has 2 aromatic rings. The van der Waals surface area contributed by atoms with Gasteiger partial charge in [-0.1, -0.05) is 63.6 Å². The highest BCUT2D eigenvalue weighted by Gasteiger charge is 2.17. The number of benzene rings is 2. The molecule has 0 heterocycles. The Kier molecular flexibility index (Phi) is 4.49. The summed E-state index contributed by atoms with van der Waals surface area (Å²) in [4.78, 5) is 0. The SMILES string of the molecule is Cc1cc(C(C)C)c(Oc2ccccc2)c(C(C)C)c1. The Morgan fingerprint density at radius 3 is 1.75 bits per heavy atom. The van der Waals surface area contributed by atoms with Gasteiger partial charge in [0, 0.05) is 0 Å². The van der Waals surface area contributed by atoms with E-state index in [0.717, 1.165) is 11.5 Å². The van der Waals surface area contributed by atoms with Crippen LogP contribution < -0.4 is 4.74 Å². The van der Waals surface area contributed by atoms with Crippen molar-refractivity contribution in [3.63, 3.8) is 0 Å². The smallest absolute Gasteiger partial charge is 0.134 e. The van der Waals surface area contributed by atoms with E-state index in [0.29, 0.717) is 11.8 Å². The maximum Gasteiger partial charge on any atom is 0.134 e. The van der Waals surface area contributed by atoms with E-state index in [2.05, 4.69) is 46.8 Å². The standard InChI is InChI=1S/C19H24O/c1-13(2)17-11-15(5)12-18(14(3)4)19(17)20-16-9-7-6-8-10-16/h6-14H,1-5H3. The molecule has 0 saturated carbocycles. The molecule has 2 rings (SSSR count). The number of hydrogen-bond acceptors (Lipinski definition) is 1. The Labute approximate surface area is 122 Å². The Morgan fingerprint density at radius 1 is 0.800 bits per heavy atom. The van der Waals surface area contributed by atoms with E-state index in [-0.39, 0.29) is 0 Å². The molecular formula is C19H24O. The molecule has 0 aromatic heterocycles. The molecule has 106 valence electrons. The van der Waals surface area contributed by atoms with Gasteiger partial charge in [0.2, 0.25) is 0 Å². The minimum absolute atomic E-state index is 0.450. The zero-order valence-corrected chi connectivity index (χ0v) is 13.1. The summed E-state index contributed by atoms with van der Waals surface area (Å²) >= 11 is 0. The van der Waals surface area contributed by atoms with Gasteiger partial charge in [-0.15, -0.1) is 0 Å². The monoisotopic (exact) mass is 268 g/mol. The Hall–Kier alpha value is -1.76. The lowest BCUT2D eigenvalue weighted by atomic mass is 9.92. The topological polar surface area (TPSA) is 9.23 Å². The summed E-state index contributed by atoms with van der Waals surface area (Å²) in [6, 6.07) is 14.5. The minimum atomic E-state index is 0.450. The third-order valence-corrected chi connectivity index (χ3v) is 3.50. The summed E-state index contributed by atoms with van der Waals surface area (Å²) in [5.41, 5.74) is 3.88. The van der Waals surface area contributed by atoms with Crippen LogP contribution in [-0.2, 0) is 0 Å². The van der Waals surface area contributed by atoms with Crippen molar-refractivity contribution in [3.05, 3.63) is 59.2 Å². The predicted octanol–water partition coefficient (Wildman–Crippen LogP) is 6.03. The molecule has 20 heavy (non-hydrogen) atoms. The van der Waals surface area contributed by atoms with Crippen LogP contribution in [0.4, 0.5) is 0 Å². The molecule has 0 bridgehead atoms. The molecule has 0 spiro atoms. The fourth-order valence-electron chi connectivity index (χ4n) is 2.41. The van der Waals surface area contributed by atoms with Gasteiger partial charge < -0.3 is 4.74 Å². The number of aryl methyl sites for hydroxylation is 1. The van der Waals surface area contributed by atoms with Crippen LogP contribution in [0, 0.1) is 6.92 Å². The molecule has 1 nitrogen and oxygen atoms in total. The summed E-state index contributed by atoms with van der Waals surface area (Å²) in [6.07, 6.45) is 0. The van der Waals surface area contributed by atoms with Gasteiger partial charge in [-0.2, -0.15) is 0 Å². The molecule has 0 amide bonds. The van der Waals surface area contributed by atoms with Crippen molar-refractivity contribution in [2.24, 2.45) is 0 Å². The van der Waals surface area contributed by atoms with E-state index < -0.39 is 0 Å². The van der Waals surface area contributed by atoms with Gasteiger partial charge in [0.15, 0.2) is 0 Å². The fourth-order valence-corrected chi connectivity index (χ4v) is 2.41. The highest BCUT2D eigenvalue weighted by Crippen LogP contribution is 2.38. The van der Waals surface area contributed by atoms with E-state index in [9.17, 15) is 0 Å². The van der Waals surface area contributed by atoms with Gasteiger partial charge in [0.25, 0.3) is 0 Å². The van der Waals surface area contributed by atoms with Crippen molar-refractivity contribution >= 4 is 0 Å². The van der Waals surface area contributed by atoms with E-state index in [1.165, 1.54) is 16.7 Å². The summed E-state index contributed by atoms with van der Waals surface area (Å²) in [5, 5.41) is 0. The van der Waals surface area contributed by atoms with Crippen LogP contribution in [0.2, 0.25) is 0 Å².